The molecular formula is C18H26N4O3. The van der Waals surface area contributed by atoms with Gasteiger partial charge in [-0.15, -0.1) is 0 Å². The standard InChI is InChI=1S/C18H26N4O3/c1-9-15(8-22(11(3)23)12(4)24)10(2)19-16(9)7-14-17(13-5-6-13)20-21-18(14)25/h7,11-13,19,23-24H,5-6,8H2,1-4H3,(H,21,25). The molecule has 25 heavy (non-hydrogen) atoms. The number of hydrogen-bond acceptors (Lipinski definition) is 5. The van der Waals surface area contributed by atoms with Crippen molar-refractivity contribution in [2.24, 2.45) is 11.0 Å². The van der Waals surface area contributed by atoms with E-state index in [9.17, 15) is 15.0 Å². The average molecular weight is 346 g/mol. The first-order valence-corrected chi connectivity index (χ1v) is 8.69. The number of hydrogen-bond donors (Lipinski definition) is 4. The van der Waals surface area contributed by atoms with Crippen molar-refractivity contribution < 1.29 is 15.0 Å². The number of carbonyl (C=O) groups is 1. The molecule has 0 spiro atoms. The Labute approximate surface area is 147 Å². The highest BCUT2D eigenvalue weighted by Crippen LogP contribution is 2.35. The van der Waals surface area contributed by atoms with Gasteiger partial charge >= 0.3 is 0 Å². The van der Waals surface area contributed by atoms with Crippen molar-refractivity contribution in [1.82, 2.24) is 15.3 Å². The summed E-state index contributed by atoms with van der Waals surface area (Å²) in [5.41, 5.74) is 7.88. The van der Waals surface area contributed by atoms with E-state index in [0.717, 1.165) is 41.1 Å². The second-order valence-electron chi connectivity index (χ2n) is 6.97. The van der Waals surface area contributed by atoms with Crippen LogP contribution >= 0.6 is 0 Å². The molecule has 136 valence electrons. The van der Waals surface area contributed by atoms with Crippen molar-refractivity contribution in [2.45, 2.75) is 59.5 Å². The highest BCUT2D eigenvalue weighted by molar-refractivity contribution is 6.28. The van der Waals surface area contributed by atoms with E-state index >= 15 is 0 Å². The van der Waals surface area contributed by atoms with Gasteiger partial charge in [0.25, 0.3) is 5.91 Å². The van der Waals surface area contributed by atoms with E-state index in [1.54, 1.807) is 18.7 Å². The molecule has 1 saturated carbocycles. The third-order valence-corrected chi connectivity index (χ3v) is 4.98. The van der Waals surface area contributed by atoms with Crippen molar-refractivity contribution in [3.05, 3.63) is 28.1 Å². The molecular weight excluding hydrogens is 320 g/mol. The number of aryl methyl sites for hydroxylation is 1. The van der Waals surface area contributed by atoms with Crippen LogP contribution in [0.15, 0.2) is 10.7 Å². The molecule has 3 rings (SSSR count). The van der Waals surface area contributed by atoms with Gasteiger partial charge in [0.05, 0.1) is 11.3 Å². The van der Waals surface area contributed by atoms with Gasteiger partial charge in [0.1, 0.15) is 12.5 Å². The summed E-state index contributed by atoms with van der Waals surface area (Å²) in [5.74, 6) is 0.228. The number of aromatic amines is 1. The number of aliphatic hydroxyl groups excluding tert-OH is 2. The largest absolute Gasteiger partial charge is 0.379 e. The molecule has 2 atom stereocenters. The molecule has 1 aliphatic heterocycles. The number of H-pyrrole nitrogens is 1. The Balaban J connectivity index is 1.90. The van der Waals surface area contributed by atoms with E-state index in [0.29, 0.717) is 18.0 Å². The highest BCUT2D eigenvalue weighted by Gasteiger charge is 2.36. The third kappa shape index (κ3) is 3.53. The Morgan fingerprint density at radius 1 is 1.28 bits per heavy atom. The molecule has 2 aliphatic rings. The van der Waals surface area contributed by atoms with Crippen LogP contribution < -0.4 is 5.43 Å². The summed E-state index contributed by atoms with van der Waals surface area (Å²) in [6.07, 6.45) is 2.50. The molecule has 1 aliphatic carbocycles. The zero-order valence-electron chi connectivity index (χ0n) is 15.1. The molecule has 1 aromatic rings. The lowest BCUT2D eigenvalue weighted by Crippen LogP contribution is -2.39. The van der Waals surface area contributed by atoms with Gasteiger partial charge in [0, 0.05) is 23.9 Å². The topological polar surface area (TPSA) is 101 Å². The summed E-state index contributed by atoms with van der Waals surface area (Å²) in [5, 5.41) is 23.9. The van der Waals surface area contributed by atoms with E-state index < -0.39 is 12.5 Å². The number of carbonyl (C=O) groups excluding carboxylic acids is 1. The van der Waals surface area contributed by atoms with Gasteiger partial charge in [-0.3, -0.25) is 4.79 Å². The maximum absolute atomic E-state index is 12.1. The zero-order chi connectivity index (χ0) is 18.3. The van der Waals surface area contributed by atoms with Gasteiger partial charge in [-0.25, -0.2) is 10.3 Å². The van der Waals surface area contributed by atoms with Crippen molar-refractivity contribution in [3.63, 3.8) is 0 Å². The molecule has 0 radical (unpaired) electrons. The van der Waals surface area contributed by atoms with Gasteiger partial charge in [-0.2, -0.15) is 5.10 Å². The molecule has 1 aromatic heterocycles. The molecule has 7 nitrogen and oxygen atoms in total. The molecule has 4 N–H and O–H groups in total. The Kier molecular flexibility index (Phi) is 4.81. The molecule has 7 heteroatoms. The van der Waals surface area contributed by atoms with Crippen LogP contribution in [0.25, 0.3) is 6.08 Å². The first kappa shape index (κ1) is 17.8. The summed E-state index contributed by atoms with van der Waals surface area (Å²) in [7, 11) is 0. The van der Waals surface area contributed by atoms with Crippen molar-refractivity contribution in [3.8, 4) is 0 Å². The number of nitrogens with zero attached hydrogens (tertiary/aromatic N) is 2. The van der Waals surface area contributed by atoms with Crippen LogP contribution in [0, 0.1) is 19.8 Å². The summed E-state index contributed by atoms with van der Waals surface area (Å²) < 4.78 is 0. The maximum Gasteiger partial charge on any atom is 0.273 e. The maximum atomic E-state index is 12.1. The third-order valence-electron chi connectivity index (χ3n) is 4.98. The van der Waals surface area contributed by atoms with Crippen LogP contribution in [0.4, 0.5) is 0 Å². The quantitative estimate of drug-likeness (QED) is 0.462. The molecule has 0 aromatic carbocycles. The Morgan fingerprint density at radius 2 is 1.92 bits per heavy atom. The fraction of sp³-hybridized carbons (Fsp3) is 0.556. The predicted octanol–water partition coefficient (Wildman–Crippen LogP) is 1.39. The fourth-order valence-corrected chi connectivity index (χ4v) is 3.26. The number of rotatable bonds is 6. The van der Waals surface area contributed by atoms with Crippen LogP contribution in [0.5, 0.6) is 0 Å². The van der Waals surface area contributed by atoms with Crippen molar-refractivity contribution in [2.75, 3.05) is 0 Å². The van der Waals surface area contributed by atoms with Crippen LogP contribution in [0.2, 0.25) is 0 Å². The van der Waals surface area contributed by atoms with Gasteiger partial charge in [0.2, 0.25) is 0 Å². The molecule has 0 bridgehead atoms. The van der Waals surface area contributed by atoms with Gasteiger partial charge in [-0.1, -0.05) is 0 Å². The lowest BCUT2D eigenvalue weighted by atomic mass is 10.0. The Morgan fingerprint density at radius 3 is 2.48 bits per heavy atom. The molecule has 2 heterocycles. The average Bonchev–Trinajstić information content (AvgIpc) is 3.25. The lowest BCUT2D eigenvalue weighted by Gasteiger charge is -2.28. The fourth-order valence-electron chi connectivity index (χ4n) is 3.26. The van der Waals surface area contributed by atoms with E-state index in [1.807, 2.05) is 19.9 Å². The van der Waals surface area contributed by atoms with Crippen molar-refractivity contribution >= 4 is 17.7 Å². The SMILES string of the molecule is Cc1[nH]c(C=C2C(=O)NN=C2C2CC2)c(C)c1CN(C(C)O)C(C)O. The molecule has 0 saturated heterocycles. The predicted molar refractivity (Wildman–Crippen MR) is 95.5 cm³/mol. The van der Waals surface area contributed by atoms with Gasteiger partial charge in [0.15, 0.2) is 0 Å². The summed E-state index contributed by atoms with van der Waals surface area (Å²) in [6.45, 7) is 7.62. The monoisotopic (exact) mass is 346 g/mol. The summed E-state index contributed by atoms with van der Waals surface area (Å²) >= 11 is 0. The second-order valence-corrected chi connectivity index (χ2v) is 6.97. The minimum absolute atomic E-state index is 0.162. The van der Waals surface area contributed by atoms with Crippen LogP contribution in [-0.4, -0.2) is 44.2 Å². The summed E-state index contributed by atoms with van der Waals surface area (Å²) in [4.78, 5) is 17.0. The Bertz CT molecular complexity index is 734. The van der Waals surface area contributed by atoms with Gasteiger partial charge in [-0.05, 0) is 57.7 Å². The van der Waals surface area contributed by atoms with Crippen LogP contribution in [-0.2, 0) is 11.3 Å². The van der Waals surface area contributed by atoms with Gasteiger partial charge < -0.3 is 15.2 Å². The first-order valence-electron chi connectivity index (χ1n) is 8.69. The number of hydrazone groups is 1. The van der Waals surface area contributed by atoms with Crippen molar-refractivity contribution in [1.29, 1.82) is 0 Å². The summed E-state index contributed by atoms with van der Waals surface area (Å²) in [6, 6.07) is 0. The zero-order valence-corrected chi connectivity index (χ0v) is 15.1. The number of aromatic nitrogens is 1. The normalized spacial score (nSPS) is 21.6. The van der Waals surface area contributed by atoms with Crippen LogP contribution in [0.1, 0.15) is 49.2 Å². The van der Waals surface area contributed by atoms with E-state index in [2.05, 4.69) is 15.5 Å². The van der Waals surface area contributed by atoms with E-state index in [4.69, 9.17) is 0 Å². The minimum atomic E-state index is -0.760. The van der Waals surface area contributed by atoms with Crippen LogP contribution in [0.3, 0.4) is 0 Å². The smallest absolute Gasteiger partial charge is 0.273 e. The van der Waals surface area contributed by atoms with E-state index in [-0.39, 0.29) is 5.91 Å². The molecule has 1 fully saturated rings. The van der Waals surface area contributed by atoms with E-state index in [1.165, 1.54) is 0 Å². The highest BCUT2D eigenvalue weighted by atomic mass is 16.3. The number of amides is 1. The minimum Gasteiger partial charge on any atom is -0.379 e. The second kappa shape index (κ2) is 6.74. The first-order chi connectivity index (χ1) is 11.8. The Hall–Kier alpha value is -1.96. The molecule has 2 unspecified atom stereocenters. The molecule has 1 amide bonds. The number of aliphatic hydroxyl groups is 2. The lowest BCUT2D eigenvalue weighted by molar-refractivity contribution is -0.116. The number of nitrogens with one attached hydrogen (secondary N) is 2.